The van der Waals surface area contributed by atoms with E-state index in [4.69, 9.17) is 11.6 Å². The molecular formula is C16H17ClN2O3S. The summed E-state index contributed by atoms with van der Waals surface area (Å²) in [7, 11) is -0.865. The fraction of sp³-hybridized carbons (Fsp3) is 0.375. The first-order valence-electron chi connectivity index (χ1n) is 7.48. The molecule has 2 heterocycles. The zero-order valence-corrected chi connectivity index (χ0v) is 14.3. The number of rotatable bonds is 2. The van der Waals surface area contributed by atoms with Crippen molar-refractivity contribution in [3.05, 3.63) is 45.2 Å². The molecule has 1 amide bonds. The summed E-state index contributed by atoms with van der Waals surface area (Å²) in [6.07, 6.45) is 1.62. The number of hydrogen-bond acceptors (Lipinski definition) is 3. The second kappa shape index (κ2) is 6.45. The number of aromatic nitrogens is 1. The fourth-order valence-electron chi connectivity index (χ4n) is 2.79. The van der Waals surface area contributed by atoms with E-state index in [2.05, 4.69) is 0 Å². The molecule has 0 N–H and O–H groups in total. The van der Waals surface area contributed by atoms with E-state index in [0.717, 1.165) is 5.52 Å². The third kappa shape index (κ3) is 3.05. The average molecular weight is 353 g/mol. The molecule has 7 heteroatoms. The Morgan fingerprint density at radius 3 is 2.65 bits per heavy atom. The van der Waals surface area contributed by atoms with Crippen molar-refractivity contribution in [3.8, 4) is 0 Å². The van der Waals surface area contributed by atoms with Crippen LogP contribution in [0.3, 0.4) is 0 Å². The SMILES string of the molecule is CCn1cc(C(=O)N2CCS(=O)CC2)c(=O)c2cc(Cl)ccc21. The maximum Gasteiger partial charge on any atom is 0.259 e. The Morgan fingerprint density at radius 1 is 1.30 bits per heavy atom. The second-order valence-corrected chi connectivity index (χ2v) is 7.59. The van der Waals surface area contributed by atoms with Crippen molar-refractivity contribution in [2.24, 2.45) is 0 Å². The predicted molar refractivity (Wildman–Crippen MR) is 92.7 cm³/mol. The topological polar surface area (TPSA) is 59.4 Å². The lowest BCUT2D eigenvalue weighted by atomic mass is 10.1. The minimum absolute atomic E-state index is 0.147. The molecule has 0 unspecified atom stereocenters. The fourth-order valence-corrected chi connectivity index (χ4v) is 4.02. The number of fused-ring (bicyclic) bond motifs is 1. The molecule has 0 aliphatic carbocycles. The highest BCUT2D eigenvalue weighted by atomic mass is 35.5. The van der Waals surface area contributed by atoms with Crippen LogP contribution in [0.4, 0.5) is 0 Å². The van der Waals surface area contributed by atoms with Crippen molar-refractivity contribution in [3.63, 3.8) is 0 Å². The number of nitrogens with zero attached hydrogens (tertiary/aromatic N) is 2. The van der Waals surface area contributed by atoms with Gasteiger partial charge in [0, 0.05) is 58.5 Å². The monoisotopic (exact) mass is 352 g/mol. The predicted octanol–water partition coefficient (Wildman–Crippen LogP) is 1.88. The Kier molecular flexibility index (Phi) is 4.55. The maximum absolute atomic E-state index is 12.7. The number of halogens is 1. The quantitative estimate of drug-likeness (QED) is 0.829. The van der Waals surface area contributed by atoms with Gasteiger partial charge >= 0.3 is 0 Å². The van der Waals surface area contributed by atoms with E-state index in [0.29, 0.717) is 41.5 Å². The number of carbonyl (C=O) groups excluding carboxylic acids is 1. The van der Waals surface area contributed by atoms with Crippen LogP contribution < -0.4 is 5.43 Å². The van der Waals surface area contributed by atoms with E-state index in [1.54, 1.807) is 29.3 Å². The summed E-state index contributed by atoms with van der Waals surface area (Å²) in [5.41, 5.74) is 0.608. The van der Waals surface area contributed by atoms with Crippen LogP contribution in [-0.2, 0) is 17.3 Å². The normalized spacial score (nSPS) is 16.0. The van der Waals surface area contributed by atoms with Crippen LogP contribution in [0.2, 0.25) is 5.02 Å². The number of amides is 1. The van der Waals surface area contributed by atoms with Gasteiger partial charge < -0.3 is 9.47 Å². The molecule has 2 aromatic rings. The Balaban J connectivity index is 2.10. The van der Waals surface area contributed by atoms with Crippen LogP contribution in [0.25, 0.3) is 10.9 Å². The molecule has 0 spiro atoms. The first kappa shape index (κ1) is 16.2. The molecule has 5 nitrogen and oxygen atoms in total. The van der Waals surface area contributed by atoms with Crippen molar-refractivity contribution in [1.29, 1.82) is 0 Å². The molecule has 0 radical (unpaired) electrons. The van der Waals surface area contributed by atoms with E-state index in [-0.39, 0.29) is 16.9 Å². The Hall–Kier alpha value is -1.66. The van der Waals surface area contributed by atoms with E-state index >= 15 is 0 Å². The first-order valence-corrected chi connectivity index (χ1v) is 9.35. The van der Waals surface area contributed by atoms with Gasteiger partial charge in [0.2, 0.25) is 5.43 Å². The molecule has 1 saturated heterocycles. The van der Waals surface area contributed by atoms with Crippen LogP contribution in [0, 0.1) is 0 Å². The van der Waals surface area contributed by atoms with Crippen LogP contribution in [0.15, 0.2) is 29.2 Å². The lowest BCUT2D eigenvalue weighted by Gasteiger charge is -2.26. The highest BCUT2D eigenvalue weighted by Gasteiger charge is 2.24. The number of aryl methyl sites for hydroxylation is 1. The van der Waals surface area contributed by atoms with Gasteiger partial charge in [-0.3, -0.25) is 13.8 Å². The van der Waals surface area contributed by atoms with Crippen molar-refractivity contribution in [2.75, 3.05) is 24.6 Å². The Bertz CT molecular complexity index is 852. The minimum atomic E-state index is -0.865. The zero-order valence-electron chi connectivity index (χ0n) is 12.8. The lowest BCUT2D eigenvalue weighted by Crippen LogP contribution is -2.43. The van der Waals surface area contributed by atoms with Crippen LogP contribution in [0.1, 0.15) is 17.3 Å². The summed E-state index contributed by atoms with van der Waals surface area (Å²) < 4.78 is 13.3. The third-order valence-corrected chi connectivity index (χ3v) is 5.59. The third-order valence-electron chi connectivity index (χ3n) is 4.08. The average Bonchev–Trinajstić information content (AvgIpc) is 2.56. The molecule has 1 aromatic heterocycles. The van der Waals surface area contributed by atoms with Crippen molar-refractivity contribution < 1.29 is 9.00 Å². The summed E-state index contributed by atoms with van der Waals surface area (Å²) in [5.74, 6) is 0.635. The summed E-state index contributed by atoms with van der Waals surface area (Å²) in [5, 5.41) is 0.918. The summed E-state index contributed by atoms with van der Waals surface area (Å²) >= 11 is 6.01. The standard InChI is InChI=1S/C16H17ClN2O3S/c1-2-18-10-13(16(21)19-5-7-23(22)8-6-19)15(20)12-9-11(17)3-4-14(12)18/h3-4,9-10H,2,5-8H2,1H3. The van der Waals surface area contributed by atoms with Gasteiger partial charge in [0.1, 0.15) is 5.56 Å². The highest BCUT2D eigenvalue weighted by molar-refractivity contribution is 7.85. The number of carbonyl (C=O) groups is 1. The summed E-state index contributed by atoms with van der Waals surface area (Å²) in [4.78, 5) is 27.0. The molecule has 1 aliphatic rings. The van der Waals surface area contributed by atoms with Gasteiger partial charge in [-0.15, -0.1) is 0 Å². The Morgan fingerprint density at radius 2 is 2.00 bits per heavy atom. The number of hydrogen-bond donors (Lipinski definition) is 0. The van der Waals surface area contributed by atoms with Crippen molar-refractivity contribution in [2.45, 2.75) is 13.5 Å². The number of benzene rings is 1. The molecule has 3 rings (SSSR count). The molecule has 0 saturated carbocycles. The van der Waals surface area contributed by atoms with Crippen LogP contribution in [0.5, 0.6) is 0 Å². The summed E-state index contributed by atoms with van der Waals surface area (Å²) in [6, 6.07) is 5.13. The van der Waals surface area contributed by atoms with E-state index < -0.39 is 10.8 Å². The van der Waals surface area contributed by atoms with Gasteiger partial charge in [-0.25, -0.2) is 0 Å². The van der Waals surface area contributed by atoms with E-state index in [1.165, 1.54) is 0 Å². The van der Waals surface area contributed by atoms with Gasteiger partial charge in [0.05, 0.1) is 5.52 Å². The van der Waals surface area contributed by atoms with E-state index in [9.17, 15) is 13.8 Å². The molecule has 122 valence electrons. The van der Waals surface area contributed by atoms with E-state index in [1.807, 2.05) is 11.5 Å². The largest absolute Gasteiger partial charge is 0.347 e. The lowest BCUT2D eigenvalue weighted by molar-refractivity contribution is 0.0769. The zero-order chi connectivity index (χ0) is 16.6. The van der Waals surface area contributed by atoms with Crippen LogP contribution >= 0.6 is 11.6 Å². The highest BCUT2D eigenvalue weighted by Crippen LogP contribution is 2.18. The molecule has 1 aromatic carbocycles. The summed E-state index contributed by atoms with van der Waals surface area (Å²) in [6.45, 7) is 3.44. The van der Waals surface area contributed by atoms with Gasteiger partial charge in [0.15, 0.2) is 0 Å². The van der Waals surface area contributed by atoms with Crippen molar-refractivity contribution >= 4 is 39.2 Å². The minimum Gasteiger partial charge on any atom is -0.347 e. The number of pyridine rings is 1. The smallest absolute Gasteiger partial charge is 0.259 e. The van der Waals surface area contributed by atoms with Gasteiger partial charge in [-0.2, -0.15) is 0 Å². The molecule has 0 atom stereocenters. The molecule has 1 aliphatic heterocycles. The van der Waals surface area contributed by atoms with Gasteiger partial charge in [0.25, 0.3) is 5.91 Å². The molecular weight excluding hydrogens is 336 g/mol. The van der Waals surface area contributed by atoms with Gasteiger partial charge in [-0.1, -0.05) is 11.6 Å². The van der Waals surface area contributed by atoms with Crippen molar-refractivity contribution in [1.82, 2.24) is 9.47 Å². The van der Waals surface area contributed by atoms with Gasteiger partial charge in [-0.05, 0) is 25.1 Å². The maximum atomic E-state index is 12.7. The molecule has 23 heavy (non-hydrogen) atoms. The molecule has 0 bridgehead atoms. The second-order valence-electron chi connectivity index (χ2n) is 5.46. The first-order chi connectivity index (χ1) is 11.0. The molecule has 1 fully saturated rings. The Labute approximate surface area is 141 Å². The van der Waals surface area contributed by atoms with Crippen LogP contribution in [-0.4, -0.2) is 44.2 Å².